The number of likely N-dealkylation sites (N-methyl/N-ethyl adjacent to an activating group) is 1. The molecule has 2 N–H and O–H groups in total. The highest BCUT2D eigenvalue weighted by molar-refractivity contribution is 5.88. The van der Waals surface area contributed by atoms with Gasteiger partial charge in [-0.05, 0) is 38.3 Å². The maximum absolute atomic E-state index is 12.5. The summed E-state index contributed by atoms with van der Waals surface area (Å²) >= 11 is 0. The lowest BCUT2D eigenvalue weighted by atomic mass is 10.0. The number of carbonyl (C=O) groups is 2. The lowest BCUT2D eigenvalue weighted by molar-refractivity contribution is -0.129. The van der Waals surface area contributed by atoms with Crippen LogP contribution in [0.15, 0.2) is 30.3 Å². The molecule has 1 fully saturated rings. The zero-order valence-corrected chi connectivity index (χ0v) is 15.8. The minimum Gasteiger partial charge on any atom is -0.353 e. The molecule has 0 aromatic heterocycles. The molecule has 2 rings (SSSR count). The topological polar surface area (TPSA) is 61.4 Å². The number of hydrogen-bond acceptors (Lipinski definition) is 3. The van der Waals surface area contributed by atoms with Gasteiger partial charge in [-0.25, -0.2) is 0 Å². The summed E-state index contributed by atoms with van der Waals surface area (Å²) in [6.45, 7) is 6.63. The first-order valence-electron chi connectivity index (χ1n) is 9.21. The van der Waals surface area contributed by atoms with Crippen LogP contribution in [0.25, 0.3) is 0 Å². The van der Waals surface area contributed by atoms with Gasteiger partial charge in [0, 0.05) is 18.6 Å². The second-order valence-electron chi connectivity index (χ2n) is 7.44. The lowest BCUT2D eigenvalue weighted by Gasteiger charge is -2.27. The smallest absolute Gasteiger partial charge is 0.242 e. The van der Waals surface area contributed by atoms with Gasteiger partial charge in [-0.15, -0.1) is 0 Å². The minimum absolute atomic E-state index is 0.0381. The summed E-state index contributed by atoms with van der Waals surface area (Å²) in [5.74, 6) is -0.188. The van der Waals surface area contributed by atoms with Crippen LogP contribution in [0.1, 0.15) is 39.2 Å². The molecule has 5 heteroatoms. The Balaban J connectivity index is 1.83. The number of carbonyl (C=O) groups excluding carboxylic acids is 2. The van der Waals surface area contributed by atoms with Gasteiger partial charge in [0.05, 0.1) is 6.42 Å². The zero-order valence-electron chi connectivity index (χ0n) is 15.8. The third-order valence-electron chi connectivity index (χ3n) is 4.86. The molecule has 0 heterocycles. The largest absolute Gasteiger partial charge is 0.353 e. The van der Waals surface area contributed by atoms with Gasteiger partial charge in [0.15, 0.2) is 0 Å². The molecule has 0 radical (unpaired) electrons. The summed E-state index contributed by atoms with van der Waals surface area (Å²) in [7, 11) is 2.11. The summed E-state index contributed by atoms with van der Waals surface area (Å²) in [5.41, 5.74) is 0.947. The average molecular weight is 345 g/mol. The Morgan fingerprint density at radius 3 is 2.36 bits per heavy atom. The Hall–Kier alpha value is -1.88. The first kappa shape index (κ1) is 19.4. The number of nitrogens with one attached hydrogen (secondary N) is 2. The van der Waals surface area contributed by atoms with Gasteiger partial charge in [-0.3, -0.25) is 14.5 Å². The molecular formula is C20H31N3O2. The zero-order chi connectivity index (χ0) is 18.4. The first-order valence-corrected chi connectivity index (χ1v) is 9.21. The second kappa shape index (κ2) is 8.99. The van der Waals surface area contributed by atoms with Crippen molar-refractivity contribution in [3.8, 4) is 0 Å². The summed E-state index contributed by atoms with van der Waals surface area (Å²) in [4.78, 5) is 27.1. The van der Waals surface area contributed by atoms with E-state index in [2.05, 4.69) is 29.5 Å². The van der Waals surface area contributed by atoms with Crippen LogP contribution in [-0.2, 0) is 16.0 Å². The predicted molar refractivity (Wildman–Crippen MR) is 100 cm³/mol. The van der Waals surface area contributed by atoms with E-state index >= 15 is 0 Å². The summed E-state index contributed by atoms with van der Waals surface area (Å²) in [6.07, 6.45) is 2.79. The fourth-order valence-corrected chi connectivity index (χ4v) is 2.88. The molecule has 2 amide bonds. The van der Waals surface area contributed by atoms with E-state index in [1.807, 2.05) is 44.2 Å². The van der Waals surface area contributed by atoms with E-state index in [1.54, 1.807) is 0 Å². The van der Waals surface area contributed by atoms with Crippen LogP contribution in [0.5, 0.6) is 0 Å². The molecule has 2 atom stereocenters. The van der Waals surface area contributed by atoms with Gasteiger partial charge in [-0.1, -0.05) is 44.2 Å². The van der Waals surface area contributed by atoms with Crippen molar-refractivity contribution in [3.05, 3.63) is 35.9 Å². The Morgan fingerprint density at radius 1 is 1.16 bits per heavy atom. The van der Waals surface area contributed by atoms with Crippen molar-refractivity contribution in [2.45, 2.75) is 58.2 Å². The van der Waals surface area contributed by atoms with E-state index in [0.717, 1.165) is 5.56 Å². The molecule has 138 valence electrons. The molecule has 1 aromatic carbocycles. The molecule has 1 aromatic rings. The van der Waals surface area contributed by atoms with Crippen molar-refractivity contribution >= 4 is 11.8 Å². The molecular weight excluding hydrogens is 314 g/mol. The molecule has 1 aliphatic rings. The summed E-state index contributed by atoms with van der Waals surface area (Å²) in [6, 6.07) is 10.0. The number of nitrogens with zero attached hydrogens (tertiary/aromatic N) is 1. The number of rotatable bonds is 9. The molecule has 1 aliphatic carbocycles. The number of amides is 2. The van der Waals surface area contributed by atoms with Gasteiger partial charge in [-0.2, -0.15) is 0 Å². The standard InChI is InChI=1S/C20H31N3O2/c1-14(2)19(22-18(24)12-16-8-6-5-7-9-16)20(25)21-13-15(3)23(4)17-10-11-17/h5-9,14-15,17,19H,10-13H2,1-4H3,(H,21,25)(H,22,24)/t15-,19-/m1/s1. The SMILES string of the molecule is CC(C)[C@@H](NC(=O)Cc1ccccc1)C(=O)NC[C@@H](C)N(C)C1CC1. The monoisotopic (exact) mass is 345 g/mol. The van der Waals surface area contributed by atoms with Gasteiger partial charge < -0.3 is 10.6 Å². The van der Waals surface area contributed by atoms with Crippen molar-refractivity contribution in [2.24, 2.45) is 5.92 Å². The Bertz CT molecular complexity index is 570. The Labute approximate surface area is 151 Å². The van der Waals surface area contributed by atoms with Crippen molar-refractivity contribution in [1.82, 2.24) is 15.5 Å². The maximum Gasteiger partial charge on any atom is 0.242 e. The van der Waals surface area contributed by atoms with Crippen molar-refractivity contribution in [3.63, 3.8) is 0 Å². The second-order valence-corrected chi connectivity index (χ2v) is 7.44. The quantitative estimate of drug-likeness (QED) is 0.719. The van der Waals surface area contributed by atoms with Crippen molar-refractivity contribution in [1.29, 1.82) is 0 Å². The van der Waals surface area contributed by atoms with E-state index in [4.69, 9.17) is 0 Å². The van der Waals surface area contributed by atoms with Gasteiger partial charge in [0.1, 0.15) is 6.04 Å². The molecule has 0 bridgehead atoms. The van der Waals surface area contributed by atoms with Crippen LogP contribution in [0.4, 0.5) is 0 Å². The van der Waals surface area contributed by atoms with Gasteiger partial charge in [0.25, 0.3) is 0 Å². The third-order valence-corrected chi connectivity index (χ3v) is 4.86. The van der Waals surface area contributed by atoms with Gasteiger partial charge >= 0.3 is 0 Å². The Kier molecular flexibility index (Phi) is 7.00. The van der Waals surface area contributed by atoms with E-state index in [9.17, 15) is 9.59 Å². The highest BCUT2D eigenvalue weighted by Crippen LogP contribution is 2.26. The lowest BCUT2D eigenvalue weighted by Crippen LogP contribution is -2.52. The van der Waals surface area contributed by atoms with Crippen LogP contribution >= 0.6 is 0 Å². The van der Waals surface area contributed by atoms with Crippen LogP contribution in [0, 0.1) is 5.92 Å². The molecule has 0 saturated heterocycles. The number of hydrogen-bond donors (Lipinski definition) is 2. The fourth-order valence-electron chi connectivity index (χ4n) is 2.88. The third kappa shape index (κ3) is 6.16. The van der Waals surface area contributed by atoms with E-state index in [-0.39, 0.29) is 24.2 Å². The van der Waals surface area contributed by atoms with Crippen molar-refractivity contribution in [2.75, 3.05) is 13.6 Å². The van der Waals surface area contributed by atoms with Gasteiger partial charge in [0.2, 0.25) is 11.8 Å². The molecule has 5 nitrogen and oxygen atoms in total. The number of benzene rings is 1. The Morgan fingerprint density at radius 2 is 1.80 bits per heavy atom. The molecule has 0 unspecified atom stereocenters. The maximum atomic E-state index is 12.5. The molecule has 1 saturated carbocycles. The van der Waals surface area contributed by atoms with Crippen LogP contribution < -0.4 is 10.6 Å². The molecule has 25 heavy (non-hydrogen) atoms. The van der Waals surface area contributed by atoms with Crippen LogP contribution in [0.2, 0.25) is 0 Å². The van der Waals surface area contributed by atoms with E-state index in [0.29, 0.717) is 18.6 Å². The first-order chi connectivity index (χ1) is 11.9. The predicted octanol–water partition coefficient (Wildman–Crippen LogP) is 1.97. The minimum atomic E-state index is -0.505. The van der Waals surface area contributed by atoms with E-state index in [1.165, 1.54) is 12.8 Å². The molecule has 0 spiro atoms. The van der Waals surface area contributed by atoms with Crippen LogP contribution in [0.3, 0.4) is 0 Å². The normalized spacial score (nSPS) is 16.6. The molecule has 0 aliphatic heterocycles. The summed E-state index contributed by atoms with van der Waals surface area (Å²) < 4.78 is 0. The van der Waals surface area contributed by atoms with Crippen LogP contribution in [-0.4, -0.2) is 48.4 Å². The highest BCUT2D eigenvalue weighted by Gasteiger charge is 2.30. The van der Waals surface area contributed by atoms with E-state index < -0.39 is 6.04 Å². The fraction of sp³-hybridized carbons (Fsp3) is 0.600. The average Bonchev–Trinajstić information content (AvgIpc) is 3.42. The highest BCUT2D eigenvalue weighted by atomic mass is 16.2. The summed E-state index contributed by atoms with van der Waals surface area (Å²) in [5, 5.41) is 5.89. The van der Waals surface area contributed by atoms with Crippen molar-refractivity contribution < 1.29 is 9.59 Å².